The Balaban J connectivity index is 2.41. The lowest BCUT2D eigenvalue weighted by molar-refractivity contribution is -0.135. The van der Waals surface area contributed by atoms with Gasteiger partial charge in [-0.15, -0.1) is 0 Å². The zero-order valence-electron chi connectivity index (χ0n) is 11.0. The molecule has 0 aliphatic rings. The van der Waals surface area contributed by atoms with Gasteiger partial charge in [0.25, 0.3) is 5.91 Å². The number of amides is 1. The second-order valence-electron chi connectivity index (χ2n) is 4.39. The van der Waals surface area contributed by atoms with E-state index in [9.17, 15) is 9.59 Å². The average Bonchev–Trinajstić information content (AvgIpc) is 2.44. The van der Waals surface area contributed by atoms with Gasteiger partial charge in [0.1, 0.15) is 6.54 Å². The Kier molecular flexibility index (Phi) is 4.59. The molecule has 0 aromatic heterocycles. The molecule has 0 saturated carbocycles. The van der Waals surface area contributed by atoms with Gasteiger partial charge in [-0.1, -0.05) is 34.1 Å². The van der Waals surface area contributed by atoms with E-state index in [4.69, 9.17) is 10.8 Å². The van der Waals surface area contributed by atoms with Crippen LogP contribution < -0.4 is 10.6 Å². The molecule has 0 saturated heterocycles. The highest BCUT2D eigenvalue weighted by molar-refractivity contribution is 9.10. The molecule has 5 nitrogen and oxygen atoms in total. The molecule has 108 valence electrons. The fraction of sp³-hybridized carbons (Fsp3) is 0.0667. The van der Waals surface area contributed by atoms with E-state index in [0.29, 0.717) is 21.4 Å². The van der Waals surface area contributed by atoms with E-state index in [1.54, 1.807) is 42.5 Å². The highest BCUT2D eigenvalue weighted by Gasteiger charge is 2.20. The maximum absolute atomic E-state index is 12.6. The fourth-order valence-corrected chi connectivity index (χ4v) is 2.43. The zero-order chi connectivity index (χ0) is 15.4. The van der Waals surface area contributed by atoms with E-state index in [1.807, 2.05) is 0 Å². The first-order chi connectivity index (χ1) is 9.97. The summed E-state index contributed by atoms with van der Waals surface area (Å²) in [5.41, 5.74) is 6.99. The van der Waals surface area contributed by atoms with E-state index in [1.165, 1.54) is 11.0 Å². The number of halogens is 1. The Morgan fingerprint density at radius 2 is 1.81 bits per heavy atom. The van der Waals surface area contributed by atoms with Crippen LogP contribution in [-0.4, -0.2) is 23.5 Å². The first kappa shape index (κ1) is 15.1. The lowest BCUT2D eigenvalue weighted by Gasteiger charge is -2.21. The van der Waals surface area contributed by atoms with Gasteiger partial charge in [0, 0.05) is 21.4 Å². The number of para-hydroxylation sites is 1. The average molecular weight is 349 g/mol. The van der Waals surface area contributed by atoms with Gasteiger partial charge in [0.15, 0.2) is 0 Å². The van der Waals surface area contributed by atoms with Crippen molar-refractivity contribution in [3.05, 3.63) is 58.6 Å². The number of hydrogen-bond acceptors (Lipinski definition) is 3. The highest BCUT2D eigenvalue weighted by atomic mass is 79.9. The normalized spacial score (nSPS) is 10.1. The lowest BCUT2D eigenvalue weighted by atomic mass is 10.1. The molecule has 0 atom stereocenters. The van der Waals surface area contributed by atoms with E-state index >= 15 is 0 Å². The summed E-state index contributed by atoms with van der Waals surface area (Å²) >= 11 is 3.27. The van der Waals surface area contributed by atoms with Crippen molar-refractivity contribution in [3.63, 3.8) is 0 Å². The molecule has 0 spiro atoms. The minimum absolute atomic E-state index is 0.326. The Morgan fingerprint density at radius 1 is 1.14 bits per heavy atom. The van der Waals surface area contributed by atoms with E-state index < -0.39 is 18.4 Å². The Morgan fingerprint density at radius 3 is 2.38 bits per heavy atom. The van der Waals surface area contributed by atoms with Crippen molar-refractivity contribution in [2.24, 2.45) is 0 Å². The quantitative estimate of drug-likeness (QED) is 0.832. The third kappa shape index (κ3) is 3.82. The number of anilines is 2. The number of carboxylic acids is 1. The molecular formula is C15H13BrN2O3. The monoisotopic (exact) mass is 348 g/mol. The number of rotatable bonds is 4. The van der Waals surface area contributed by atoms with Crippen molar-refractivity contribution in [3.8, 4) is 0 Å². The van der Waals surface area contributed by atoms with Gasteiger partial charge in [-0.2, -0.15) is 0 Å². The Hall–Kier alpha value is -2.34. The van der Waals surface area contributed by atoms with Gasteiger partial charge >= 0.3 is 5.97 Å². The summed E-state index contributed by atoms with van der Waals surface area (Å²) in [5, 5.41) is 9.02. The predicted octanol–water partition coefficient (Wildman–Crippen LogP) is 2.76. The number of aliphatic carboxylic acids is 1. The Labute approximate surface area is 130 Å². The SMILES string of the molecule is Nc1cc(Br)cc(C(=O)N(CC(=O)O)c2ccccc2)c1. The largest absolute Gasteiger partial charge is 0.480 e. The molecule has 0 aliphatic heterocycles. The summed E-state index contributed by atoms with van der Waals surface area (Å²) in [4.78, 5) is 24.8. The van der Waals surface area contributed by atoms with E-state index in [0.717, 1.165) is 0 Å². The van der Waals surface area contributed by atoms with Crippen molar-refractivity contribution in [1.29, 1.82) is 0 Å². The molecule has 1 amide bonds. The van der Waals surface area contributed by atoms with Gasteiger partial charge < -0.3 is 10.8 Å². The van der Waals surface area contributed by atoms with Crippen molar-refractivity contribution in [2.75, 3.05) is 17.2 Å². The number of nitrogen functional groups attached to an aromatic ring is 1. The van der Waals surface area contributed by atoms with Crippen LogP contribution in [0.25, 0.3) is 0 Å². The molecule has 0 unspecified atom stereocenters. The third-order valence-electron chi connectivity index (χ3n) is 2.77. The second kappa shape index (κ2) is 6.41. The van der Waals surface area contributed by atoms with Crippen LogP contribution in [0.2, 0.25) is 0 Å². The van der Waals surface area contributed by atoms with Crippen molar-refractivity contribution in [1.82, 2.24) is 0 Å². The fourth-order valence-electron chi connectivity index (χ4n) is 1.92. The first-order valence-electron chi connectivity index (χ1n) is 6.12. The highest BCUT2D eigenvalue weighted by Crippen LogP contribution is 2.21. The van der Waals surface area contributed by atoms with Crippen LogP contribution in [0.5, 0.6) is 0 Å². The maximum Gasteiger partial charge on any atom is 0.323 e. The molecule has 0 radical (unpaired) electrons. The van der Waals surface area contributed by atoms with Gasteiger partial charge in [0.05, 0.1) is 0 Å². The standard InChI is InChI=1S/C15H13BrN2O3/c16-11-6-10(7-12(17)8-11)15(21)18(9-14(19)20)13-4-2-1-3-5-13/h1-8H,9,17H2,(H,19,20). The minimum Gasteiger partial charge on any atom is -0.480 e. The van der Waals surface area contributed by atoms with Crippen LogP contribution in [0.3, 0.4) is 0 Å². The second-order valence-corrected chi connectivity index (χ2v) is 5.31. The summed E-state index contributed by atoms with van der Waals surface area (Å²) in [6, 6.07) is 13.4. The lowest BCUT2D eigenvalue weighted by Crippen LogP contribution is -2.35. The van der Waals surface area contributed by atoms with Crippen LogP contribution in [0, 0.1) is 0 Å². The summed E-state index contributed by atoms with van der Waals surface area (Å²) < 4.78 is 0.661. The molecule has 6 heteroatoms. The Bertz CT molecular complexity index is 654. The molecule has 0 heterocycles. The summed E-state index contributed by atoms with van der Waals surface area (Å²) in [6.45, 7) is -0.421. The number of hydrogen-bond donors (Lipinski definition) is 2. The number of carboxylic acid groups (broad SMARTS) is 1. The van der Waals surface area contributed by atoms with Crippen LogP contribution in [-0.2, 0) is 4.79 Å². The zero-order valence-corrected chi connectivity index (χ0v) is 12.6. The number of nitrogens with zero attached hydrogens (tertiary/aromatic N) is 1. The third-order valence-corrected chi connectivity index (χ3v) is 3.23. The summed E-state index contributed by atoms with van der Waals surface area (Å²) in [6.07, 6.45) is 0. The minimum atomic E-state index is -1.09. The molecule has 0 aliphatic carbocycles. The number of carbonyl (C=O) groups is 2. The molecule has 21 heavy (non-hydrogen) atoms. The van der Waals surface area contributed by atoms with Gasteiger partial charge in [0.2, 0.25) is 0 Å². The number of benzene rings is 2. The molecule has 2 aromatic carbocycles. The van der Waals surface area contributed by atoms with Crippen molar-refractivity contribution >= 4 is 39.2 Å². The van der Waals surface area contributed by atoms with Crippen molar-refractivity contribution < 1.29 is 14.7 Å². The molecule has 2 aromatic rings. The summed E-state index contributed by atoms with van der Waals surface area (Å²) in [7, 11) is 0. The first-order valence-corrected chi connectivity index (χ1v) is 6.91. The van der Waals surface area contributed by atoms with E-state index in [-0.39, 0.29) is 0 Å². The van der Waals surface area contributed by atoms with Gasteiger partial charge in [-0.3, -0.25) is 14.5 Å². The summed E-state index contributed by atoms with van der Waals surface area (Å²) in [5.74, 6) is -1.51. The maximum atomic E-state index is 12.6. The van der Waals surface area contributed by atoms with Crippen LogP contribution >= 0.6 is 15.9 Å². The van der Waals surface area contributed by atoms with E-state index in [2.05, 4.69) is 15.9 Å². The van der Waals surface area contributed by atoms with Crippen LogP contribution in [0.4, 0.5) is 11.4 Å². The topological polar surface area (TPSA) is 83.6 Å². The van der Waals surface area contributed by atoms with Gasteiger partial charge in [-0.05, 0) is 30.3 Å². The number of carbonyl (C=O) groups excluding carboxylic acids is 1. The molecule has 0 bridgehead atoms. The molecular weight excluding hydrogens is 336 g/mol. The van der Waals surface area contributed by atoms with Crippen LogP contribution in [0.1, 0.15) is 10.4 Å². The molecule has 0 fully saturated rings. The molecule has 2 rings (SSSR count). The van der Waals surface area contributed by atoms with Gasteiger partial charge in [-0.25, -0.2) is 0 Å². The number of nitrogens with two attached hydrogens (primary N) is 1. The van der Waals surface area contributed by atoms with Crippen molar-refractivity contribution in [2.45, 2.75) is 0 Å². The van der Waals surface area contributed by atoms with Crippen LogP contribution in [0.15, 0.2) is 53.0 Å². The molecule has 3 N–H and O–H groups in total. The predicted molar refractivity (Wildman–Crippen MR) is 84.3 cm³/mol. The smallest absolute Gasteiger partial charge is 0.323 e.